The highest BCUT2D eigenvalue weighted by molar-refractivity contribution is 9.10. The number of halogens is 2. The topological polar surface area (TPSA) is 66.4 Å². The Bertz CT molecular complexity index is 1290. The number of amides is 1. The van der Waals surface area contributed by atoms with Gasteiger partial charge < -0.3 is 15.5 Å². The maximum atomic E-state index is 14.7. The van der Waals surface area contributed by atoms with Gasteiger partial charge in [-0.3, -0.25) is 14.2 Å². The van der Waals surface area contributed by atoms with Crippen LogP contribution in [0.3, 0.4) is 0 Å². The van der Waals surface area contributed by atoms with Gasteiger partial charge in [-0.15, -0.1) is 0 Å². The van der Waals surface area contributed by atoms with E-state index in [2.05, 4.69) is 31.5 Å². The number of nitrogens with zero attached hydrogens (tertiary/aromatic N) is 2. The van der Waals surface area contributed by atoms with Crippen LogP contribution >= 0.6 is 15.9 Å². The van der Waals surface area contributed by atoms with E-state index in [1.165, 1.54) is 6.07 Å². The summed E-state index contributed by atoms with van der Waals surface area (Å²) >= 11 is 3.27. The summed E-state index contributed by atoms with van der Waals surface area (Å²) < 4.78 is 17.0. The normalized spacial score (nSPS) is 14.8. The molecule has 6 nitrogen and oxygen atoms in total. The van der Waals surface area contributed by atoms with Crippen LogP contribution < -0.4 is 21.1 Å². The van der Waals surface area contributed by atoms with Gasteiger partial charge in [-0.25, -0.2) is 4.39 Å². The van der Waals surface area contributed by atoms with Crippen LogP contribution in [0.2, 0.25) is 0 Å². The molecule has 1 saturated carbocycles. The van der Waals surface area contributed by atoms with E-state index in [1.807, 2.05) is 30.3 Å². The fourth-order valence-electron chi connectivity index (χ4n) is 4.23. The summed E-state index contributed by atoms with van der Waals surface area (Å²) in [6, 6.07) is 14.7. The van der Waals surface area contributed by atoms with Crippen LogP contribution in [-0.4, -0.2) is 17.0 Å². The van der Waals surface area contributed by atoms with Gasteiger partial charge in [0, 0.05) is 35.6 Å². The van der Waals surface area contributed by atoms with Gasteiger partial charge >= 0.3 is 0 Å². The number of hydrogen-bond acceptors (Lipinski definition) is 4. The van der Waals surface area contributed by atoms with E-state index in [-0.39, 0.29) is 23.1 Å². The molecule has 1 aromatic heterocycles. The van der Waals surface area contributed by atoms with Crippen molar-refractivity contribution >= 4 is 44.7 Å². The van der Waals surface area contributed by atoms with Crippen LogP contribution in [0.5, 0.6) is 0 Å². The molecule has 2 aliphatic rings. The van der Waals surface area contributed by atoms with Crippen LogP contribution in [0, 0.1) is 18.7 Å². The molecule has 2 aromatic carbocycles. The molecule has 1 aliphatic heterocycles. The molecule has 0 radical (unpaired) electrons. The van der Waals surface area contributed by atoms with Crippen LogP contribution in [0.15, 0.2) is 57.8 Å². The first-order chi connectivity index (χ1) is 15.9. The summed E-state index contributed by atoms with van der Waals surface area (Å²) in [6.07, 6.45) is 1.72. The molecule has 170 valence electrons. The fourth-order valence-corrected chi connectivity index (χ4v) is 4.56. The minimum atomic E-state index is -0.454. The summed E-state index contributed by atoms with van der Waals surface area (Å²) in [5.74, 6) is 0.120. The molecule has 0 atom stereocenters. The molecule has 0 spiro atoms. The highest BCUT2D eigenvalue weighted by Crippen LogP contribution is 2.41. The molecule has 5 rings (SSSR count). The summed E-state index contributed by atoms with van der Waals surface area (Å²) in [5, 5.41) is 6.18. The van der Waals surface area contributed by atoms with Crippen molar-refractivity contribution in [2.75, 3.05) is 22.1 Å². The summed E-state index contributed by atoms with van der Waals surface area (Å²) in [7, 11) is 0. The zero-order chi connectivity index (χ0) is 23.1. The minimum Gasteiger partial charge on any atom is -0.351 e. The third-order valence-corrected chi connectivity index (χ3v) is 6.66. The lowest BCUT2D eigenvalue weighted by molar-refractivity contribution is -0.117. The van der Waals surface area contributed by atoms with Crippen LogP contribution in [0.25, 0.3) is 0 Å². The molecule has 2 N–H and O–H groups in total. The number of carbonyl (C=O) groups excluding carboxylic acids is 1. The van der Waals surface area contributed by atoms with Crippen molar-refractivity contribution in [1.29, 1.82) is 0 Å². The predicted molar refractivity (Wildman–Crippen MR) is 132 cm³/mol. The SMILES string of the molecule is Cc1c(Nc2ccc(Br)cc2F)c(NC(=O)C2CC2)c2n(c1=O)CCN2Cc1ccccc1. The Balaban J connectivity index is 1.63. The van der Waals surface area contributed by atoms with Crippen LogP contribution in [0.4, 0.5) is 27.3 Å². The fraction of sp³-hybridized carbons (Fsp3) is 0.280. The zero-order valence-corrected chi connectivity index (χ0v) is 19.8. The third-order valence-electron chi connectivity index (χ3n) is 6.17. The number of hydrogen-bond donors (Lipinski definition) is 2. The Morgan fingerprint density at radius 1 is 1.12 bits per heavy atom. The van der Waals surface area contributed by atoms with E-state index in [0.717, 1.165) is 18.4 Å². The number of benzene rings is 2. The van der Waals surface area contributed by atoms with Crippen molar-refractivity contribution < 1.29 is 9.18 Å². The minimum absolute atomic E-state index is 0.0147. The first-order valence-electron chi connectivity index (χ1n) is 11.0. The van der Waals surface area contributed by atoms with Gasteiger partial charge in [0.2, 0.25) is 5.91 Å². The van der Waals surface area contributed by atoms with Crippen molar-refractivity contribution in [2.24, 2.45) is 5.92 Å². The maximum Gasteiger partial charge on any atom is 0.257 e. The standard InChI is InChI=1S/C25H24BrFN4O2/c1-15-21(28-20-10-9-18(26)13-19(20)27)22(29-23(32)17-7-8-17)24-30(11-12-31(24)25(15)33)14-16-5-3-2-4-6-16/h2-6,9-10,13,17,28H,7-8,11-12,14H2,1H3,(H,29,32). The Morgan fingerprint density at radius 2 is 1.88 bits per heavy atom. The van der Waals surface area contributed by atoms with E-state index < -0.39 is 5.82 Å². The molecule has 0 saturated heterocycles. The lowest BCUT2D eigenvalue weighted by Crippen LogP contribution is -2.27. The number of nitrogens with one attached hydrogen (secondary N) is 2. The average Bonchev–Trinajstić information content (AvgIpc) is 3.57. The summed E-state index contributed by atoms with van der Waals surface area (Å²) in [5.41, 5.74) is 2.59. The number of pyridine rings is 1. The lowest BCUT2D eigenvalue weighted by Gasteiger charge is -2.25. The number of rotatable bonds is 6. The van der Waals surface area contributed by atoms with Gasteiger partial charge in [0.25, 0.3) is 5.56 Å². The molecule has 1 amide bonds. The molecular weight excluding hydrogens is 487 g/mol. The maximum absolute atomic E-state index is 14.7. The molecule has 33 heavy (non-hydrogen) atoms. The van der Waals surface area contributed by atoms with Crippen molar-refractivity contribution in [1.82, 2.24) is 4.57 Å². The largest absolute Gasteiger partial charge is 0.351 e. The monoisotopic (exact) mass is 510 g/mol. The highest BCUT2D eigenvalue weighted by atomic mass is 79.9. The third kappa shape index (κ3) is 4.27. The Kier molecular flexibility index (Phi) is 5.70. The first-order valence-corrected chi connectivity index (χ1v) is 11.8. The van der Waals surface area contributed by atoms with Gasteiger partial charge in [-0.05, 0) is 43.5 Å². The lowest BCUT2D eigenvalue weighted by atomic mass is 10.1. The molecule has 8 heteroatoms. The van der Waals surface area contributed by atoms with E-state index in [0.29, 0.717) is 46.9 Å². The molecule has 1 aliphatic carbocycles. The Labute approximate surface area is 199 Å². The zero-order valence-electron chi connectivity index (χ0n) is 18.2. The van der Waals surface area contributed by atoms with Crippen molar-refractivity contribution in [3.63, 3.8) is 0 Å². The van der Waals surface area contributed by atoms with Gasteiger partial charge in [0.15, 0.2) is 0 Å². The molecule has 0 unspecified atom stereocenters. The quantitative estimate of drug-likeness (QED) is 0.480. The molecular formula is C25H24BrFN4O2. The summed E-state index contributed by atoms with van der Waals surface area (Å²) in [6.45, 7) is 3.48. The second-order valence-electron chi connectivity index (χ2n) is 8.58. The Morgan fingerprint density at radius 3 is 2.58 bits per heavy atom. The predicted octanol–water partition coefficient (Wildman–Crippen LogP) is 5.17. The van der Waals surface area contributed by atoms with Crippen LogP contribution in [0.1, 0.15) is 24.0 Å². The molecule has 2 heterocycles. The van der Waals surface area contributed by atoms with Crippen molar-refractivity contribution in [2.45, 2.75) is 32.9 Å². The second kappa shape index (κ2) is 8.67. The van der Waals surface area contributed by atoms with Gasteiger partial charge in [-0.2, -0.15) is 0 Å². The number of carbonyl (C=O) groups is 1. The molecule has 0 bridgehead atoms. The van der Waals surface area contributed by atoms with Crippen LogP contribution in [-0.2, 0) is 17.9 Å². The number of anilines is 4. The smallest absolute Gasteiger partial charge is 0.257 e. The highest BCUT2D eigenvalue weighted by Gasteiger charge is 2.34. The van der Waals surface area contributed by atoms with E-state index >= 15 is 0 Å². The van der Waals surface area contributed by atoms with E-state index in [1.54, 1.807) is 23.6 Å². The molecule has 1 fully saturated rings. The van der Waals surface area contributed by atoms with Gasteiger partial charge in [0.05, 0.1) is 11.4 Å². The number of aromatic nitrogens is 1. The average molecular weight is 511 g/mol. The van der Waals surface area contributed by atoms with Gasteiger partial charge in [-0.1, -0.05) is 46.3 Å². The van der Waals surface area contributed by atoms with Gasteiger partial charge in [0.1, 0.15) is 17.3 Å². The van der Waals surface area contributed by atoms with E-state index in [4.69, 9.17) is 0 Å². The van der Waals surface area contributed by atoms with Crippen molar-refractivity contribution in [3.05, 3.63) is 80.3 Å². The Hall–Kier alpha value is -3.13. The van der Waals surface area contributed by atoms with E-state index in [9.17, 15) is 14.0 Å². The second-order valence-corrected chi connectivity index (χ2v) is 9.49. The number of fused-ring (bicyclic) bond motifs is 1. The summed E-state index contributed by atoms with van der Waals surface area (Å²) in [4.78, 5) is 28.2. The first kappa shape index (κ1) is 21.7. The molecule has 3 aromatic rings. The van der Waals surface area contributed by atoms with Crippen molar-refractivity contribution in [3.8, 4) is 0 Å².